The summed E-state index contributed by atoms with van der Waals surface area (Å²) in [5.41, 5.74) is 1.35. The molecule has 0 N–H and O–H groups in total. The van der Waals surface area contributed by atoms with Crippen molar-refractivity contribution in [3.63, 3.8) is 0 Å². The zero-order chi connectivity index (χ0) is 6.15. The van der Waals surface area contributed by atoms with Crippen molar-refractivity contribution < 1.29 is 0 Å². The number of halogens is 1. The summed E-state index contributed by atoms with van der Waals surface area (Å²) in [5, 5.41) is 0. The molecule has 0 aromatic carbocycles. The third-order valence-electron chi connectivity index (χ3n) is 1.18. The lowest BCUT2D eigenvalue weighted by molar-refractivity contribution is 0.894. The number of rotatable bonds is 0. The first kappa shape index (κ1) is 6.13. The molecular weight excluding hydrogens is 213 g/mol. The van der Waals surface area contributed by atoms with Crippen LogP contribution in [0.4, 0.5) is 0 Å². The quantitative estimate of drug-likeness (QED) is 0.590. The Morgan fingerprint density at radius 2 is 2.25 bits per heavy atom. The molecule has 0 radical (unpaired) electrons. The summed E-state index contributed by atoms with van der Waals surface area (Å²) in [6.45, 7) is 2.11. The van der Waals surface area contributed by atoms with E-state index in [2.05, 4.69) is 53.4 Å². The number of hydrogen-bond acceptors (Lipinski definition) is 0. The molecular formula is C6H8IN. The molecule has 0 saturated heterocycles. The zero-order valence-electron chi connectivity index (χ0n) is 4.98. The molecule has 44 valence electrons. The number of nitrogens with zero attached hydrogens (tertiary/aromatic N) is 1. The topological polar surface area (TPSA) is 4.93 Å². The largest absolute Gasteiger partial charge is 0.346 e. The van der Waals surface area contributed by atoms with Gasteiger partial charge in [-0.05, 0) is 41.1 Å². The van der Waals surface area contributed by atoms with Crippen molar-refractivity contribution in [1.82, 2.24) is 4.57 Å². The molecule has 0 aliphatic rings. The lowest BCUT2D eigenvalue weighted by Gasteiger charge is -1.91. The van der Waals surface area contributed by atoms with E-state index in [1.54, 1.807) is 0 Å². The van der Waals surface area contributed by atoms with Crippen molar-refractivity contribution in [3.05, 3.63) is 21.5 Å². The van der Waals surface area contributed by atoms with Crippen molar-refractivity contribution in [2.45, 2.75) is 6.92 Å². The van der Waals surface area contributed by atoms with Gasteiger partial charge in [-0.15, -0.1) is 0 Å². The van der Waals surface area contributed by atoms with Gasteiger partial charge in [0.15, 0.2) is 0 Å². The molecule has 0 aliphatic carbocycles. The van der Waals surface area contributed by atoms with Gasteiger partial charge < -0.3 is 4.57 Å². The fourth-order valence-corrected chi connectivity index (χ4v) is 0.977. The average molecular weight is 221 g/mol. The smallest absolute Gasteiger partial charge is 0.0825 e. The number of aryl methyl sites for hydroxylation is 2. The van der Waals surface area contributed by atoms with Crippen LogP contribution in [0.3, 0.4) is 0 Å². The fourth-order valence-electron chi connectivity index (χ4n) is 0.636. The highest BCUT2D eigenvalue weighted by Gasteiger charge is 1.94. The zero-order valence-corrected chi connectivity index (χ0v) is 7.14. The molecule has 1 rings (SSSR count). The van der Waals surface area contributed by atoms with Crippen molar-refractivity contribution in [2.75, 3.05) is 0 Å². The Bertz CT molecular complexity index is 171. The van der Waals surface area contributed by atoms with Crippen LogP contribution in [0.25, 0.3) is 0 Å². The summed E-state index contributed by atoms with van der Waals surface area (Å²) >= 11 is 2.33. The number of aromatic nitrogens is 1. The second-order valence-electron chi connectivity index (χ2n) is 1.90. The van der Waals surface area contributed by atoms with Gasteiger partial charge >= 0.3 is 0 Å². The summed E-state index contributed by atoms with van der Waals surface area (Å²) < 4.78 is 3.43. The van der Waals surface area contributed by atoms with E-state index in [1.807, 2.05) is 0 Å². The van der Waals surface area contributed by atoms with Crippen LogP contribution in [0, 0.1) is 10.6 Å². The number of hydrogen-bond donors (Lipinski definition) is 0. The minimum Gasteiger partial charge on any atom is -0.346 e. The Morgan fingerprint density at radius 3 is 2.38 bits per heavy atom. The van der Waals surface area contributed by atoms with Gasteiger partial charge in [0.2, 0.25) is 0 Å². The van der Waals surface area contributed by atoms with Crippen molar-refractivity contribution >= 4 is 22.6 Å². The summed E-state index contributed by atoms with van der Waals surface area (Å²) in [5.74, 6) is 0. The Kier molecular flexibility index (Phi) is 1.60. The van der Waals surface area contributed by atoms with Crippen molar-refractivity contribution in [2.24, 2.45) is 7.05 Å². The van der Waals surface area contributed by atoms with E-state index in [9.17, 15) is 0 Å². The molecule has 8 heavy (non-hydrogen) atoms. The molecule has 0 aliphatic heterocycles. The maximum absolute atomic E-state index is 2.33. The molecule has 0 fully saturated rings. The first-order valence-electron chi connectivity index (χ1n) is 2.49. The normalized spacial score (nSPS) is 9.88. The summed E-state index contributed by atoms with van der Waals surface area (Å²) in [7, 11) is 2.05. The molecule has 0 spiro atoms. The second kappa shape index (κ2) is 2.09. The Morgan fingerprint density at radius 1 is 1.62 bits per heavy atom. The van der Waals surface area contributed by atoms with Gasteiger partial charge in [0.1, 0.15) is 0 Å². The predicted molar refractivity (Wildman–Crippen MR) is 42.9 cm³/mol. The average Bonchev–Trinajstić information content (AvgIpc) is 1.98. The molecule has 2 heteroatoms. The van der Waals surface area contributed by atoms with Crippen LogP contribution in [-0.4, -0.2) is 4.57 Å². The molecule has 1 heterocycles. The molecule has 0 bridgehead atoms. The molecule has 1 aromatic rings. The van der Waals surface area contributed by atoms with E-state index in [0.717, 1.165) is 0 Å². The molecule has 1 aromatic heterocycles. The van der Waals surface area contributed by atoms with Gasteiger partial charge in [-0.2, -0.15) is 0 Å². The third-order valence-corrected chi connectivity index (χ3v) is 2.79. The van der Waals surface area contributed by atoms with Crippen LogP contribution in [0.5, 0.6) is 0 Å². The van der Waals surface area contributed by atoms with E-state index in [4.69, 9.17) is 0 Å². The van der Waals surface area contributed by atoms with E-state index in [-0.39, 0.29) is 0 Å². The monoisotopic (exact) mass is 221 g/mol. The summed E-state index contributed by atoms with van der Waals surface area (Å²) in [6, 6.07) is 2.11. The van der Waals surface area contributed by atoms with E-state index < -0.39 is 0 Å². The minimum atomic E-state index is 1.32. The fraction of sp³-hybridized carbons (Fsp3) is 0.333. The molecule has 0 saturated carbocycles. The first-order valence-corrected chi connectivity index (χ1v) is 3.57. The van der Waals surface area contributed by atoms with E-state index >= 15 is 0 Å². The van der Waals surface area contributed by atoms with Crippen LogP contribution in [0.1, 0.15) is 5.56 Å². The maximum Gasteiger partial charge on any atom is 0.0825 e. The molecule has 0 unspecified atom stereocenters. The van der Waals surface area contributed by atoms with E-state index in [0.29, 0.717) is 0 Å². The molecule has 0 atom stereocenters. The SMILES string of the molecule is Cc1ccn(C)c1I. The van der Waals surface area contributed by atoms with Crippen LogP contribution in [-0.2, 0) is 7.05 Å². The first-order chi connectivity index (χ1) is 3.72. The molecule has 0 amide bonds. The molecule has 1 nitrogen and oxygen atoms in total. The predicted octanol–water partition coefficient (Wildman–Crippen LogP) is 1.94. The maximum atomic E-state index is 2.33. The summed E-state index contributed by atoms with van der Waals surface area (Å²) in [6.07, 6.45) is 2.07. The van der Waals surface area contributed by atoms with Gasteiger partial charge in [0, 0.05) is 13.2 Å². The van der Waals surface area contributed by atoms with E-state index in [1.165, 1.54) is 9.26 Å². The van der Waals surface area contributed by atoms with Gasteiger partial charge in [-0.1, -0.05) is 0 Å². The second-order valence-corrected chi connectivity index (χ2v) is 2.92. The summed E-state index contributed by atoms with van der Waals surface area (Å²) in [4.78, 5) is 0. The standard InChI is InChI=1S/C6H8IN/c1-5-3-4-8(2)6(5)7/h3-4H,1-2H3. The Hall–Kier alpha value is 0.01000. The third kappa shape index (κ3) is 0.891. The highest BCUT2D eigenvalue weighted by atomic mass is 127. The van der Waals surface area contributed by atoms with Crippen LogP contribution >= 0.6 is 22.6 Å². The van der Waals surface area contributed by atoms with Crippen LogP contribution in [0.15, 0.2) is 12.3 Å². The highest BCUT2D eigenvalue weighted by Crippen LogP contribution is 2.09. The van der Waals surface area contributed by atoms with Crippen molar-refractivity contribution in [1.29, 1.82) is 0 Å². The van der Waals surface area contributed by atoms with Gasteiger partial charge in [0.05, 0.1) is 3.70 Å². The lowest BCUT2D eigenvalue weighted by atomic mass is 10.4. The lowest BCUT2D eigenvalue weighted by Crippen LogP contribution is -1.87. The van der Waals surface area contributed by atoms with Gasteiger partial charge in [-0.25, -0.2) is 0 Å². The minimum absolute atomic E-state index is 1.32. The van der Waals surface area contributed by atoms with Gasteiger partial charge in [-0.3, -0.25) is 0 Å². The Balaban J connectivity index is 3.19. The highest BCUT2D eigenvalue weighted by molar-refractivity contribution is 14.1. The van der Waals surface area contributed by atoms with Crippen LogP contribution < -0.4 is 0 Å². The van der Waals surface area contributed by atoms with Crippen LogP contribution in [0.2, 0.25) is 0 Å². The van der Waals surface area contributed by atoms with Gasteiger partial charge in [0.25, 0.3) is 0 Å². The van der Waals surface area contributed by atoms with Crippen molar-refractivity contribution in [3.8, 4) is 0 Å². The Labute approximate surface area is 62.8 Å².